The molecule has 45 heavy (non-hydrogen) atoms. The van der Waals surface area contributed by atoms with E-state index in [1.807, 2.05) is 37.3 Å². The summed E-state index contributed by atoms with van der Waals surface area (Å²) in [7, 11) is 3.13. The van der Waals surface area contributed by atoms with Crippen LogP contribution in [0.4, 0.5) is 4.79 Å². The molecular weight excluding hydrogens is 580 g/mol. The van der Waals surface area contributed by atoms with Crippen molar-refractivity contribution in [2.45, 2.75) is 63.9 Å². The van der Waals surface area contributed by atoms with Gasteiger partial charge in [-0.05, 0) is 66.8 Å². The highest BCUT2D eigenvalue weighted by Gasteiger charge is 2.33. The number of ether oxygens (including phenoxy) is 4. The largest absolute Gasteiger partial charge is 0.527 e. The van der Waals surface area contributed by atoms with E-state index in [-0.39, 0.29) is 36.9 Å². The highest BCUT2D eigenvalue weighted by atomic mass is 16.8. The molecule has 248 valence electrons. The van der Waals surface area contributed by atoms with Crippen LogP contribution in [0, 0.1) is 0 Å². The molecule has 0 saturated carbocycles. The first kappa shape index (κ1) is 36.1. The summed E-state index contributed by atoms with van der Waals surface area (Å²) >= 11 is 0. The number of benzene rings is 2. The number of carbonyl (C=O) groups is 3. The van der Waals surface area contributed by atoms with Crippen molar-refractivity contribution >= 4 is 17.8 Å². The predicted octanol–water partition coefficient (Wildman–Crippen LogP) is 4.33. The van der Waals surface area contributed by atoms with Gasteiger partial charge in [0.2, 0.25) is 5.91 Å². The monoisotopic (exact) mass is 628 g/mol. The highest BCUT2D eigenvalue weighted by molar-refractivity contribution is 6.04. The van der Waals surface area contributed by atoms with Crippen LogP contribution in [0.3, 0.4) is 0 Å². The lowest BCUT2D eigenvalue weighted by Crippen LogP contribution is -2.27. The average molecular weight is 629 g/mol. The van der Waals surface area contributed by atoms with E-state index in [1.54, 1.807) is 7.11 Å². The third-order valence-corrected chi connectivity index (χ3v) is 7.65. The van der Waals surface area contributed by atoms with E-state index in [0.29, 0.717) is 77.1 Å². The van der Waals surface area contributed by atoms with Crippen LogP contribution in [0.15, 0.2) is 36.4 Å². The number of rotatable bonds is 22. The molecule has 1 aliphatic rings. The summed E-state index contributed by atoms with van der Waals surface area (Å²) in [5.74, 6) is -0.278. The Hall–Kier alpha value is -3.35. The summed E-state index contributed by atoms with van der Waals surface area (Å²) in [5.41, 5.74) is 7.69. The van der Waals surface area contributed by atoms with Crippen LogP contribution in [0.1, 0.15) is 78.4 Å². The fourth-order valence-corrected chi connectivity index (χ4v) is 5.42. The van der Waals surface area contributed by atoms with Crippen LogP contribution in [0.25, 0.3) is 11.1 Å². The molecule has 2 aromatic rings. The van der Waals surface area contributed by atoms with Crippen LogP contribution in [-0.4, -0.2) is 89.4 Å². The van der Waals surface area contributed by atoms with E-state index in [4.69, 9.17) is 28.9 Å². The zero-order chi connectivity index (χ0) is 32.4. The molecule has 0 spiro atoms. The van der Waals surface area contributed by atoms with Gasteiger partial charge in [-0.3, -0.25) is 9.59 Å². The molecule has 0 radical (unpaired) electrons. The zero-order valence-electron chi connectivity index (χ0n) is 26.7. The third-order valence-electron chi connectivity index (χ3n) is 7.65. The Labute approximate surface area is 265 Å². The molecule has 1 amide bonds. The topological polar surface area (TPSA) is 142 Å². The summed E-state index contributed by atoms with van der Waals surface area (Å²) in [4.78, 5) is 42.5. The maximum absolute atomic E-state index is 13.4. The van der Waals surface area contributed by atoms with Crippen LogP contribution >= 0.6 is 0 Å². The number of methoxy groups -OCH3 is 1. The lowest BCUT2D eigenvalue weighted by Gasteiger charge is -2.15. The Bertz CT molecular complexity index is 1240. The van der Waals surface area contributed by atoms with E-state index in [0.717, 1.165) is 34.2 Å². The van der Waals surface area contributed by atoms with Crippen molar-refractivity contribution in [1.82, 2.24) is 10.8 Å². The number of carbonyl (C=O) groups excluding carboxylic acids is 3. The first-order chi connectivity index (χ1) is 21.9. The van der Waals surface area contributed by atoms with Gasteiger partial charge in [0.15, 0.2) is 5.78 Å². The van der Waals surface area contributed by atoms with Gasteiger partial charge < -0.3 is 34.2 Å². The number of hydroxylamine groups is 1. The molecule has 0 saturated heterocycles. The van der Waals surface area contributed by atoms with Gasteiger partial charge in [0.05, 0.1) is 12.7 Å². The second kappa shape index (κ2) is 19.9. The first-order valence-corrected chi connectivity index (χ1v) is 15.7. The maximum atomic E-state index is 13.4. The zero-order valence-corrected chi connectivity index (χ0v) is 26.7. The van der Waals surface area contributed by atoms with Crippen LogP contribution < -0.4 is 10.8 Å². The lowest BCUT2D eigenvalue weighted by molar-refractivity contribution is -0.121. The summed E-state index contributed by atoms with van der Waals surface area (Å²) in [6, 6.07) is 11.8. The molecule has 0 aliphatic heterocycles. The van der Waals surface area contributed by atoms with E-state index < -0.39 is 6.16 Å². The molecule has 2 unspecified atom stereocenters. The smallest absolute Gasteiger partial charge is 0.432 e. The minimum absolute atomic E-state index is 0.0165. The van der Waals surface area contributed by atoms with Crippen molar-refractivity contribution in [2.75, 3.05) is 60.3 Å². The van der Waals surface area contributed by atoms with Crippen molar-refractivity contribution in [3.05, 3.63) is 58.7 Å². The fraction of sp³-hybridized carbons (Fsp3) is 0.559. The third kappa shape index (κ3) is 11.5. The number of aryl methyl sites for hydroxylation is 1. The number of amides is 1. The predicted molar refractivity (Wildman–Crippen MR) is 169 cm³/mol. The molecule has 1 aliphatic carbocycles. The van der Waals surface area contributed by atoms with Crippen LogP contribution in [0.2, 0.25) is 0 Å². The lowest BCUT2D eigenvalue weighted by atomic mass is 9.93. The van der Waals surface area contributed by atoms with Crippen molar-refractivity contribution in [1.29, 1.82) is 0 Å². The molecular formula is C34H48N2O9. The minimum Gasteiger partial charge on any atom is -0.432 e. The second-order valence-electron chi connectivity index (χ2n) is 11.0. The van der Waals surface area contributed by atoms with Gasteiger partial charge in [0, 0.05) is 71.5 Å². The second-order valence-corrected chi connectivity index (χ2v) is 11.0. The van der Waals surface area contributed by atoms with Crippen molar-refractivity contribution in [3.63, 3.8) is 0 Å². The van der Waals surface area contributed by atoms with Crippen molar-refractivity contribution in [2.24, 2.45) is 0 Å². The molecule has 3 N–H and O–H groups in total. The van der Waals surface area contributed by atoms with E-state index >= 15 is 0 Å². The van der Waals surface area contributed by atoms with Gasteiger partial charge in [-0.2, -0.15) is 5.48 Å². The Morgan fingerprint density at radius 2 is 1.82 bits per heavy atom. The average Bonchev–Trinajstić information content (AvgIpc) is 3.34. The number of Topliss-reactive ketones (excluding diaryl/α,β-unsaturated/α-hetero) is 1. The molecule has 0 bridgehead atoms. The summed E-state index contributed by atoms with van der Waals surface area (Å²) < 4.78 is 21.6. The molecule has 11 heteroatoms. The number of nitrogens with one attached hydrogen (secondary N) is 2. The van der Waals surface area contributed by atoms with E-state index in [1.165, 1.54) is 7.05 Å². The molecule has 0 aromatic heterocycles. The molecule has 3 rings (SSSR count). The summed E-state index contributed by atoms with van der Waals surface area (Å²) in [6.45, 7) is 4.65. The van der Waals surface area contributed by atoms with E-state index in [2.05, 4.69) is 16.9 Å². The Kier molecular flexibility index (Phi) is 16.0. The molecule has 0 heterocycles. The Morgan fingerprint density at radius 3 is 2.60 bits per heavy atom. The van der Waals surface area contributed by atoms with Crippen molar-refractivity contribution < 1.29 is 43.3 Å². The van der Waals surface area contributed by atoms with Gasteiger partial charge >= 0.3 is 6.16 Å². The summed E-state index contributed by atoms with van der Waals surface area (Å²) in [5, 5.41) is 12.0. The number of aliphatic hydroxyl groups excluding tert-OH is 1. The van der Waals surface area contributed by atoms with Gasteiger partial charge in [-0.1, -0.05) is 36.4 Å². The highest BCUT2D eigenvalue weighted by Crippen LogP contribution is 2.47. The number of hydrogen-bond acceptors (Lipinski definition) is 10. The minimum atomic E-state index is -0.835. The first-order valence-electron chi connectivity index (χ1n) is 15.7. The standard InChI is InChI=1S/C34H48N2O9/c1-24(15-17-37)43-20-6-11-31(38)28-10-5-9-26-30(23-44-34(40)45-35-2)29-22-25(13-14-27(29)33(26)28)8-4-12-32(39)36-16-21-42-19-7-18-41-3/h5,9-10,13-14,22,24,30,35,37H,4,6-8,11-12,15-21,23H2,1-3H3,(H,36,39). The quantitative estimate of drug-likeness (QED) is 0.0747. The van der Waals surface area contributed by atoms with E-state index in [9.17, 15) is 14.4 Å². The number of fused-ring (bicyclic) bond motifs is 3. The van der Waals surface area contributed by atoms with Crippen molar-refractivity contribution in [3.8, 4) is 11.1 Å². The molecule has 2 atom stereocenters. The van der Waals surface area contributed by atoms with Crippen LogP contribution in [0.5, 0.6) is 0 Å². The number of hydrogen-bond donors (Lipinski definition) is 3. The molecule has 11 nitrogen and oxygen atoms in total. The molecule has 0 fully saturated rings. The summed E-state index contributed by atoms with van der Waals surface area (Å²) in [6.07, 6.45) is 3.14. The molecule has 2 aromatic carbocycles. The normalized spacial score (nSPS) is 14.0. The van der Waals surface area contributed by atoms with Gasteiger partial charge in [-0.15, -0.1) is 0 Å². The van der Waals surface area contributed by atoms with Gasteiger partial charge in [-0.25, -0.2) is 4.79 Å². The number of aliphatic hydroxyl groups is 1. The number of ketones is 1. The maximum Gasteiger partial charge on any atom is 0.527 e. The van der Waals surface area contributed by atoms with Gasteiger partial charge in [0.1, 0.15) is 6.61 Å². The Morgan fingerprint density at radius 1 is 0.978 bits per heavy atom. The van der Waals surface area contributed by atoms with Gasteiger partial charge in [0.25, 0.3) is 0 Å². The SMILES string of the molecule is CNOC(=O)OCC1c2cc(CCCC(=O)NCCOCCCOC)ccc2-c2c(C(=O)CCCOC(C)CCO)cccc21. The van der Waals surface area contributed by atoms with Crippen LogP contribution in [-0.2, 0) is 35.0 Å². The Balaban J connectivity index is 1.66. The fourth-order valence-electron chi connectivity index (χ4n) is 5.42.